The van der Waals surface area contributed by atoms with E-state index in [0.717, 1.165) is 28.4 Å². The fourth-order valence-electron chi connectivity index (χ4n) is 3.89. The van der Waals surface area contributed by atoms with Crippen molar-refractivity contribution < 1.29 is 9.21 Å². The SMILES string of the molecule is CC(C)c1nc(N2CCN(C(=O)c3ccco3)CC2)c2cnn(-c3ccccc3Cl)c2n1. The van der Waals surface area contributed by atoms with Gasteiger partial charge in [0.2, 0.25) is 0 Å². The zero-order valence-electron chi connectivity index (χ0n) is 17.9. The molecule has 3 aromatic heterocycles. The van der Waals surface area contributed by atoms with Crippen molar-refractivity contribution in [1.82, 2.24) is 24.6 Å². The van der Waals surface area contributed by atoms with Crippen LogP contribution in [0.3, 0.4) is 0 Å². The van der Waals surface area contributed by atoms with Gasteiger partial charge in [0.1, 0.15) is 11.6 Å². The molecular weight excluding hydrogens is 428 g/mol. The van der Waals surface area contributed by atoms with E-state index in [2.05, 4.69) is 23.8 Å². The standard InChI is InChI=1S/C23H23ClN6O2/c1-15(2)20-26-21(28-9-11-29(12-10-28)23(31)19-8-5-13-32-19)16-14-25-30(22(16)27-20)18-7-4-3-6-17(18)24/h3-8,13-15H,9-12H2,1-2H3. The molecule has 0 atom stereocenters. The number of nitrogens with zero attached hydrogens (tertiary/aromatic N) is 6. The van der Waals surface area contributed by atoms with Gasteiger partial charge in [0.05, 0.1) is 28.6 Å². The van der Waals surface area contributed by atoms with Crippen LogP contribution in [0.5, 0.6) is 0 Å². The molecule has 164 valence electrons. The molecule has 0 saturated carbocycles. The smallest absolute Gasteiger partial charge is 0.289 e. The number of benzene rings is 1. The quantitative estimate of drug-likeness (QED) is 0.464. The number of carbonyl (C=O) groups excluding carboxylic acids is 1. The Labute approximate surface area is 190 Å². The average Bonchev–Trinajstić information content (AvgIpc) is 3.49. The highest BCUT2D eigenvalue weighted by Gasteiger charge is 2.27. The van der Waals surface area contributed by atoms with Crippen molar-refractivity contribution in [3.05, 3.63) is 65.5 Å². The van der Waals surface area contributed by atoms with E-state index in [0.29, 0.717) is 37.0 Å². The lowest BCUT2D eigenvalue weighted by molar-refractivity contribution is 0.0714. The van der Waals surface area contributed by atoms with Crippen LogP contribution in [0, 0.1) is 0 Å². The van der Waals surface area contributed by atoms with Crippen molar-refractivity contribution in [2.45, 2.75) is 19.8 Å². The second-order valence-corrected chi connectivity index (χ2v) is 8.47. The fraction of sp³-hybridized carbons (Fsp3) is 0.304. The van der Waals surface area contributed by atoms with Crippen molar-refractivity contribution in [1.29, 1.82) is 0 Å². The molecule has 1 fully saturated rings. The van der Waals surface area contributed by atoms with E-state index < -0.39 is 0 Å². The summed E-state index contributed by atoms with van der Waals surface area (Å²) < 4.78 is 7.04. The molecule has 1 aliphatic heterocycles. The number of fused-ring (bicyclic) bond motifs is 1. The van der Waals surface area contributed by atoms with Crippen molar-refractivity contribution in [3.8, 4) is 5.69 Å². The summed E-state index contributed by atoms with van der Waals surface area (Å²) in [7, 11) is 0. The van der Waals surface area contributed by atoms with E-state index in [1.807, 2.05) is 29.2 Å². The molecule has 1 aromatic carbocycles. The first-order chi connectivity index (χ1) is 15.5. The van der Waals surface area contributed by atoms with Crippen LogP contribution >= 0.6 is 11.6 Å². The van der Waals surface area contributed by atoms with Crippen LogP contribution in [-0.4, -0.2) is 56.7 Å². The van der Waals surface area contributed by atoms with Crippen LogP contribution < -0.4 is 4.90 Å². The summed E-state index contributed by atoms with van der Waals surface area (Å²) in [5.41, 5.74) is 1.50. The Bertz CT molecular complexity index is 1260. The van der Waals surface area contributed by atoms with Crippen molar-refractivity contribution >= 4 is 34.4 Å². The zero-order chi connectivity index (χ0) is 22.2. The number of hydrogen-bond acceptors (Lipinski definition) is 6. The van der Waals surface area contributed by atoms with Crippen LogP contribution in [0.1, 0.15) is 36.1 Å². The molecule has 1 amide bonds. The predicted molar refractivity (Wildman–Crippen MR) is 123 cm³/mol. The summed E-state index contributed by atoms with van der Waals surface area (Å²) >= 11 is 6.44. The molecule has 9 heteroatoms. The fourth-order valence-corrected chi connectivity index (χ4v) is 4.10. The van der Waals surface area contributed by atoms with Gasteiger partial charge in [-0.25, -0.2) is 14.6 Å². The molecule has 1 aliphatic rings. The number of amides is 1. The highest BCUT2D eigenvalue weighted by Crippen LogP contribution is 2.30. The Morgan fingerprint density at radius 2 is 1.84 bits per heavy atom. The first kappa shape index (κ1) is 20.5. The van der Waals surface area contributed by atoms with E-state index in [9.17, 15) is 4.79 Å². The third-order valence-corrected chi connectivity index (χ3v) is 5.94. The normalized spacial score (nSPS) is 14.5. The van der Waals surface area contributed by atoms with Crippen LogP contribution in [0.25, 0.3) is 16.7 Å². The molecule has 4 aromatic rings. The van der Waals surface area contributed by atoms with E-state index in [4.69, 9.17) is 26.0 Å². The number of furan rings is 1. The predicted octanol–water partition coefficient (Wildman–Crippen LogP) is 4.15. The Morgan fingerprint density at radius 3 is 2.53 bits per heavy atom. The maximum Gasteiger partial charge on any atom is 0.289 e. The summed E-state index contributed by atoms with van der Waals surface area (Å²) in [6.45, 7) is 6.63. The van der Waals surface area contributed by atoms with Gasteiger partial charge in [-0.15, -0.1) is 0 Å². The lowest BCUT2D eigenvalue weighted by atomic mass is 10.2. The minimum absolute atomic E-state index is 0.0862. The van der Waals surface area contributed by atoms with E-state index >= 15 is 0 Å². The van der Waals surface area contributed by atoms with Gasteiger partial charge in [0.15, 0.2) is 11.4 Å². The van der Waals surface area contributed by atoms with Gasteiger partial charge in [-0.3, -0.25) is 4.79 Å². The van der Waals surface area contributed by atoms with Gasteiger partial charge in [0, 0.05) is 32.1 Å². The topological polar surface area (TPSA) is 80.3 Å². The molecule has 8 nitrogen and oxygen atoms in total. The van der Waals surface area contributed by atoms with E-state index in [1.54, 1.807) is 23.0 Å². The number of anilines is 1. The Kier molecular flexibility index (Phi) is 5.30. The van der Waals surface area contributed by atoms with E-state index in [-0.39, 0.29) is 11.8 Å². The third kappa shape index (κ3) is 3.60. The zero-order valence-corrected chi connectivity index (χ0v) is 18.7. The average molecular weight is 451 g/mol. The number of halogens is 1. The molecule has 4 heterocycles. The summed E-state index contributed by atoms with van der Waals surface area (Å²) in [5.74, 6) is 2.01. The van der Waals surface area contributed by atoms with Crippen molar-refractivity contribution in [2.75, 3.05) is 31.1 Å². The first-order valence-electron chi connectivity index (χ1n) is 10.6. The second-order valence-electron chi connectivity index (χ2n) is 8.06. The highest BCUT2D eigenvalue weighted by atomic mass is 35.5. The van der Waals surface area contributed by atoms with E-state index in [1.165, 1.54) is 6.26 Å². The van der Waals surface area contributed by atoms with Crippen molar-refractivity contribution in [3.63, 3.8) is 0 Å². The van der Waals surface area contributed by atoms with Gasteiger partial charge in [0.25, 0.3) is 5.91 Å². The molecule has 0 aliphatic carbocycles. The van der Waals surface area contributed by atoms with Crippen LogP contribution in [0.2, 0.25) is 5.02 Å². The summed E-state index contributed by atoms with van der Waals surface area (Å²) in [6.07, 6.45) is 3.31. The van der Waals surface area contributed by atoms with Crippen molar-refractivity contribution in [2.24, 2.45) is 0 Å². The highest BCUT2D eigenvalue weighted by molar-refractivity contribution is 6.32. The minimum atomic E-state index is -0.0862. The van der Waals surface area contributed by atoms with Gasteiger partial charge >= 0.3 is 0 Å². The van der Waals surface area contributed by atoms with Gasteiger partial charge < -0.3 is 14.2 Å². The number of rotatable bonds is 4. The Balaban J connectivity index is 1.49. The second kappa shape index (κ2) is 8.27. The molecule has 32 heavy (non-hydrogen) atoms. The first-order valence-corrected chi connectivity index (χ1v) is 11.0. The van der Waals surface area contributed by atoms with Gasteiger partial charge in [-0.1, -0.05) is 37.6 Å². The molecule has 0 spiro atoms. The number of para-hydroxylation sites is 1. The third-order valence-electron chi connectivity index (χ3n) is 5.62. The maximum atomic E-state index is 12.6. The molecule has 0 N–H and O–H groups in total. The lowest BCUT2D eigenvalue weighted by Crippen LogP contribution is -2.49. The lowest BCUT2D eigenvalue weighted by Gasteiger charge is -2.35. The van der Waals surface area contributed by atoms with Gasteiger partial charge in [-0.05, 0) is 24.3 Å². The molecule has 0 bridgehead atoms. The largest absolute Gasteiger partial charge is 0.459 e. The van der Waals surface area contributed by atoms with Gasteiger partial charge in [-0.2, -0.15) is 5.10 Å². The van der Waals surface area contributed by atoms with Crippen LogP contribution in [0.4, 0.5) is 5.82 Å². The summed E-state index contributed by atoms with van der Waals surface area (Å²) in [5, 5.41) is 6.05. The van der Waals surface area contributed by atoms with Crippen LogP contribution in [-0.2, 0) is 0 Å². The summed E-state index contributed by atoms with van der Waals surface area (Å²) in [6, 6.07) is 11.0. The number of piperazine rings is 1. The Hall–Kier alpha value is -3.39. The molecule has 1 saturated heterocycles. The monoisotopic (exact) mass is 450 g/mol. The van der Waals surface area contributed by atoms with Crippen LogP contribution in [0.15, 0.2) is 53.3 Å². The number of carbonyl (C=O) groups is 1. The maximum absolute atomic E-state index is 12.6. The Morgan fingerprint density at radius 1 is 1.06 bits per heavy atom. The number of aromatic nitrogens is 4. The molecule has 0 radical (unpaired) electrons. The molecule has 5 rings (SSSR count). The number of hydrogen-bond donors (Lipinski definition) is 0. The molecular formula is C23H23ClN6O2. The summed E-state index contributed by atoms with van der Waals surface area (Å²) in [4.78, 5) is 26.3. The minimum Gasteiger partial charge on any atom is -0.459 e. The molecule has 0 unspecified atom stereocenters.